The van der Waals surface area contributed by atoms with Crippen LogP contribution in [0.5, 0.6) is 11.5 Å². The Morgan fingerprint density at radius 3 is 2.77 bits per heavy atom. The summed E-state index contributed by atoms with van der Waals surface area (Å²) in [5.41, 5.74) is 3.73. The van der Waals surface area contributed by atoms with E-state index in [0.29, 0.717) is 48.4 Å². The van der Waals surface area contributed by atoms with E-state index < -0.39 is 12.2 Å². The van der Waals surface area contributed by atoms with Crippen molar-refractivity contribution in [1.82, 2.24) is 5.32 Å². The Morgan fingerprint density at radius 1 is 1.17 bits per heavy atom. The van der Waals surface area contributed by atoms with Crippen molar-refractivity contribution in [2.45, 2.75) is 116 Å². The lowest BCUT2D eigenvalue weighted by Gasteiger charge is -2.37. The van der Waals surface area contributed by atoms with Gasteiger partial charge in [0, 0.05) is 25.8 Å². The first-order valence-corrected chi connectivity index (χ1v) is 18.3. The van der Waals surface area contributed by atoms with Crippen LogP contribution in [0.4, 0.5) is 0 Å². The number of aliphatic hydroxyl groups is 3. The van der Waals surface area contributed by atoms with E-state index in [1.807, 2.05) is 25.1 Å². The minimum atomic E-state index is -0.917. The van der Waals surface area contributed by atoms with Gasteiger partial charge in [-0.15, -0.1) is 4.99 Å². The van der Waals surface area contributed by atoms with Crippen molar-refractivity contribution in [3.8, 4) is 11.5 Å². The zero-order valence-corrected chi connectivity index (χ0v) is 28.4. The molecular weight excluding hydrogens is 592 g/mol. The highest BCUT2D eigenvalue weighted by molar-refractivity contribution is 6.04. The number of rotatable bonds is 15. The van der Waals surface area contributed by atoms with E-state index in [-0.39, 0.29) is 25.1 Å². The fourth-order valence-electron chi connectivity index (χ4n) is 9.25. The summed E-state index contributed by atoms with van der Waals surface area (Å²) in [6.45, 7) is 5.37. The summed E-state index contributed by atoms with van der Waals surface area (Å²) in [5.74, 6) is 3.85. The Hall–Kier alpha value is -2.65. The smallest absolute Gasteiger partial charge is 0.190 e. The van der Waals surface area contributed by atoms with Crippen molar-refractivity contribution in [2.75, 3.05) is 26.3 Å². The summed E-state index contributed by atoms with van der Waals surface area (Å²) < 4.78 is 12.2. The van der Waals surface area contributed by atoms with E-state index in [1.165, 1.54) is 50.5 Å². The first-order valence-electron chi connectivity index (χ1n) is 18.3. The molecule has 1 unspecified atom stereocenters. The first kappa shape index (κ1) is 34.2. The number of ether oxygens (including phenoxy) is 2. The van der Waals surface area contributed by atoms with Crippen LogP contribution < -0.4 is 10.1 Å². The zero-order valence-electron chi connectivity index (χ0n) is 28.4. The first-order chi connectivity index (χ1) is 22.8. The minimum Gasteiger partial charge on any atom is -0.592 e. The Balaban J connectivity index is 1.11. The number of hydrogen-bond acceptors (Lipinski definition) is 8. The number of unbranched alkanes of at least 4 members (excludes halogenated alkanes) is 1. The molecule has 2 aliphatic heterocycles. The normalized spacial score (nSPS) is 27.6. The fraction of sp³-hybridized carbons (Fsp3) is 0.667. The van der Waals surface area contributed by atoms with Gasteiger partial charge >= 0.3 is 0 Å². The third-order valence-electron chi connectivity index (χ3n) is 11.6. The Bertz CT molecular complexity index is 1300. The second-order valence-corrected chi connectivity index (χ2v) is 14.9. The molecule has 8 heteroatoms. The number of aromatic hydroxyl groups is 1. The van der Waals surface area contributed by atoms with Gasteiger partial charge in [0.1, 0.15) is 12.2 Å². The lowest BCUT2D eigenvalue weighted by Crippen LogP contribution is -2.37. The molecule has 3 fully saturated rings. The monoisotopic (exact) mass is 648 g/mol. The number of nitrogens with zero attached hydrogens (tertiary/aromatic N) is 1. The standard InChI is InChI=1S/C39H56N2O6/c1-3-4-10-37-27(23-42)18-28(47-37)13-11-26-12-14-35(44)38(17-26)46-24-36(45)33-19-30-31(22-40-21-25(2)43)29-8-7-9-32(29)39(15-5-6-16-39)20-34(30)41-33/h12,14,17-19,25,29,31-32,36-37,40,42-45H,3-11,13,15-16,20-24H2,1-2H3/t25-,29-,31-,32-,36-,37?/m0/s1. The van der Waals surface area contributed by atoms with Crippen LogP contribution in [0.2, 0.25) is 0 Å². The molecule has 5 aliphatic rings. The second kappa shape index (κ2) is 15.3. The SMILES string of the molecule is CCCCC1OC(CCc2ccc(O)c(OC[C@H](O)[C+]3C=C4C(=N3)CC3(CCCC3)[C@H]3CCC[C@H]3[C@@H]4CNC[C@H](C)O)c2)=C[C-]1CO. The Kier molecular flexibility index (Phi) is 11.1. The largest absolute Gasteiger partial charge is 0.592 e. The van der Waals surface area contributed by atoms with E-state index in [1.54, 1.807) is 6.07 Å². The lowest BCUT2D eigenvalue weighted by atomic mass is 9.66. The molecule has 3 saturated carbocycles. The Labute approximate surface area is 281 Å². The van der Waals surface area contributed by atoms with Gasteiger partial charge in [0.2, 0.25) is 0 Å². The molecule has 0 bridgehead atoms. The van der Waals surface area contributed by atoms with Crippen LogP contribution in [0.25, 0.3) is 0 Å². The van der Waals surface area contributed by atoms with Crippen LogP contribution >= 0.6 is 0 Å². The van der Waals surface area contributed by atoms with Gasteiger partial charge < -0.3 is 35.2 Å². The molecule has 0 amide bonds. The molecule has 258 valence electrons. The van der Waals surface area contributed by atoms with Crippen molar-refractivity contribution in [3.63, 3.8) is 0 Å². The molecule has 1 aromatic carbocycles. The number of phenolic OH excluding ortho intramolecular Hbond substituents is 1. The molecule has 6 rings (SSSR count). The molecule has 6 atom stereocenters. The molecular formula is C39H56N2O6. The maximum Gasteiger partial charge on any atom is 0.190 e. The van der Waals surface area contributed by atoms with E-state index in [9.17, 15) is 20.4 Å². The molecule has 2 heterocycles. The molecule has 8 nitrogen and oxygen atoms in total. The molecule has 0 aromatic heterocycles. The summed E-state index contributed by atoms with van der Waals surface area (Å²) in [6.07, 6.45) is 17.2. The van der Waals surface area contributed by atoms with Crippen molar-refractivity contribution in [3.05, 3.63) is 59.2 Å². The second-order valence-electron chi connectivity index (χ2n) is 14.9. The molecule has 3 aliphatic carbocycles. The molecule has 0 radical (unpaired) electrons. The lowest BCUT2D eigenvalue weighted by molar-refractivity contribution is 0.113. The number of aliphatic hydroxyl groups excluding tert-OH is 3. The van der Waals surface area contributed by atoms with Gasteiger partial charge in [0.25, 0.3) is 0 Å². The predicted octanol–water partition coefficient (Wildman–Crippen LogP) is 5.98. The van der Waals surface area contributed by atoms with Gasteiger partial charge in [-0.05, 0) is 80.4 Å². The quantitative estimate of drug-likeness (QED) is 0.148. The van der Waals surface area contributed by atoms with Gasteiger partial charge in [0.05, 0.1) is 24.5 Å². The highest BCUT2D eigenvalue weighted by Crippen LogP contribution is 2.60. The molecule has 0 saturated heterocycles. The van der Waals surface area contributed by atoms with Gasteiger partial charge in [-0.3, -0.25) is 0 Å². The van der Waals surface area contributed by atoms with E-state index in [2.05, 4.69) is 18.3 Å². The number of fused-ring (bicyclic) bond motifs is 3. The zero-order chi connectivity index (χ0) is 33.0. The Morgan fingerprint density at radius 2 is 2.00 bits per heavy atom. The van der Waals surface area contributed by atoms with Crippen LogP contribution in [0.3, 0.4) is 0 Å². The highest BCUT2D eigenvalue weighted by Gasteiger charge is 2.57. The predicted molar refractivity (Wildman–Crippen MR) is 184 cm³/mol. The van der Waals surface area contributed by atoms with Crippen molar-refractivity contribution >= 4 is 5.71 Å². The third-order valence-corrected chi connectivity index (χ3v) is 11.6. The summed E-state index contributed by atoms with van der Waals surface area (Å²) in [4.78, 5) is 5.10. The van der Waals surface area contributed by atoms with E-state index in [4.69, 9.17) is 14.5 Å². The van der Waals surface area contributed by atoms with Crippen LogP contribution in [-0.2, 0) is 11.2 Å². The van der Waals surface area contributed by atoms with Gasteiger partial charge in [0.15, 0.2) is 29.4 Å². The number of benzene rings is 1. The maximum atomic E-state index is 11.4. The summed E-state index contributed by atoms with van der Waals surface area (Å²) in [5, 5.41) is 45.2. The number of hydrogen-bond donors (Lipinski definition) is 5. The number of phenols is 1. The highest BCUT2D eigenvalue weighted by atomic mass is 16.5. The number of aliphatic imine (C=N–C) groups is 1. The van der Waals surface area contributed by atoms with Crippen molar-refractivity contribution < 1.29 is 29.9 Å². The van der Waals surface area contributed by atoms with Crippen molar-refractivity contribution in [2.24, 2.45) is 28.2 Å². The van der Waals surface area contributed by atoms with E-state index in [0.717, 1.165) is 61.1 Å². The maximum absolute atomic E-state index is 11.4. The number of allylic oxidation sites excluding steroid dienone is 1. The molecule has 1 spiro atoms. The van der Waals surface area contributed by atoms with Crippen molar-refractivity contribution in [1.29, 1.82) is 0 Å². The summed E-state index contributed by atoms with van der Waals surface area (Å²) >= 11 is 0. The summed E-state index contributed by atoms with van der Waals surface area (Å²) in [7, 11) is 0. The van der Waals surface area contributed by atoms with E-state index >= 15 is 0 Å². The molecule has 5 N–H and O–H groups in total. The number of nitrogens with one attached hydrogen (secondary N) is 1. The van der Waals surface area contributed by atoms with Crippen LogP contribution in [0.15, 0.2) is 46.7 Å². The van der Waals surface area contributed by atoms with Crippen LogP contribution in [0, 0.1) is 35.1 Å². The molecule has 47 heavy (non-hydrogen) atoms. The average molecular weight is 649 g/mol. The third kappa shape index (κ3) is 7.66. The number of aryl methyl sites for hydroxylation is 1. The average Bonchev–Trinajstić information content (AvgIpc) is 3.87. The topological polar surface area (TPSA) is 124 Å². The molecule has 1 aromatic rings. The summed E-state index contributed by atoms with van der Waals surface area (Å²) in [6, 6.07) is 6.01. The van der Waals surface area contributed by atoms with Crippen LogP contribution in [0.1, 0.15) is 96.5 Å². The van der Waals surface area contributed by atoms with Gasteiger partial charge in [-0.1, -0.05) is 57.3 Å². The minimum absolute atomic E-state index is 0.00274. The van der Waals surface area contributed by atoms with Gasteiger partial charge in [-0.2, -0.15) is 12.0 Å². The fourth-order valence-corrected chi connectivity index (χ4v) is 9.25. The van der Waals surface area contributed by atoms with Gasteiger partial charge in [-0.25, -0.2) is 0 Å². The van der Waals surface area contributed by atoms with Crippen LogP contribution in [-0.4, -0.2) is 70.8 Å².